The van der Waals surface area contributed by atoms with E-state index in [2.05, 4.69) is 16.0 Å². The highest BCUT2D eigenvalue weighted by Gasteiger charge is 2.43. The van der Waals surface area contributed by atoms with Gasteiger partial charge < -0.3 is 21.1 Å². The Kier molecular flexibility index (Phi) is 9.69. The summed E-state index contributed by atoms with van der Waals surface area (Å²) in [5.74, 6) is -0.550. The van der Waals surface area contributed by atoms with Gasteiger partial charge in [-0.15, -0.1) is 0 Å². The second kappa shape index (κ2) is 12.8. The predicted molar refractivity (Wildman–Crippen MR) is 149 cm³/mol. The van der Waals surface area contributed by atoms with Crippen LogP contribution in [0, 0.1) is 17.7 Å². The van der Waals surface area contributed by atoms with Gasteiger partial charge >= 0.3 is 0 Å². The van der Waals surface area contributed by atoms with Crippen LogP contribution in [0.25, 0.3) is 0 Å². The SMILES string of the molecule is CC1(O)CC(NC=O)C1.O=C(Nc1cccc(Cl)c1)C1C(CC2CCCC2)NCC1c1cccc(Cl)c1F. The number of nitrogens with one attached hydrogen (secondary N) is 3. The van der Waals surface area contributed by atoms with Crippen LogP contribution in [0.15, 0.2) is 42.5 Å². The van der Waals surface area contributed by atoms with Crippen LogP contribution < -0.4 is 16.0 Å². The molecule has 0 aromatic heterocycles. The number of carbonyl (C=O) groups is 2. The van der Waals surface area contributed by atoms with Gasteiger partial charge in [-0.2, -0.15) is 0 Å². The van der Waals surface area contributed by atoms with Crippen LogP contribution in [0.1, 0.15) is 63.4 Å². The molecule has 2 amide bonds. The van der Waals surface area contributed by atoms with E-state index in [9.17, 15) is 14.0 Å². The number of carbonyl (C=O) groups excluding carboxylic acids is 2. The maximum Gasteiger partial charge on any atom is 0.229 e. The molecule has 206 valence electrons. The van der Waals surface area contributed by atoms with Crippen LogP contribution in [0.2, 0.25) is 10.0 Å². The number of aliphatic hydroxyl groups is 1. The second-order valence-corrected chi connectivity index (χ2v) is 11.9. The minimum absolute atomic E-state index is 0.0145. The molecule has 2 aromatic carbocycles. The van der Waals surface area contributed by atoms with Gasteiger partial charge in [-0.3, -0.25) is 9.59 Å². The second-order valence-electron chi connectivity index (χ2n) is 11.1. The number of hydrogen-bond acceptors (Lipinski definition) is 4. The fraction of sp³-hybridized carbons (Fsp3) is 0.517. The molecule has 2 aliphatic carbocycles. The van der Waals surface area contributed by atoms with Crippen LogP contribution in [0.3, 0.4) is 0 Å². The molecule has 6 nitrogen and oxygen atoms in total. The number of halogens is 3. The van der Waals surface area contributed by atoms with E-state index in [0.29, 0.717) is 48.0 Å². The molecule has 3 fully saturated rings. The molecular weight excluding hydrogens is 528 g/mol. The quantitative estimate of drug-likeness (QED) is 0.327. The molecule has 1 aliphatic heterocycles. The van der Waals surface area contributed by atoms with Gasteiger partial charge in [0.1, 0.15) is 5.82 Å². The first-order valence-electron chi connectivity index (χ1n) is 13.3. The first-order valence-corrected chi connectivity index (χ1v) is 14.1. The number of anilines is 1. The van der Waals surface area contributed by atoms with Gasteiger partial charge in [0.2, 0.25) is 12.3 Å². The molecule has 3 unspecified atom stereocenters. The molecule has 2 aromatic rings. The van der Waals surface area contributed by atoms with E-state index in [4.69, 9.17) is 28.3 Å². The summed E-state index contributed by atoms with van der Waals surface area (Å²) >= 11 is 12.1. The van der Waals surface area contributed by atoms with Crippen molar-refractivity contribution >= 4 is 41.2 Å². The third kappa shape index (κ3) is 7.26. The lowest BCUT2D eigenvalue weighted by Crippen LogP contribution is -2.51. The van der Waals surface area contributed by atoms with Gasteiger partial charge in [0.25, 0.3) is 0 Å². The van der Waals surface area contributed by atoms with Crippen molar-refractivity contribution in [3.63, 3.8) is 0 Å². The average molecular weight is 565 g/mol. The monoisotopic (exact) mass is 563 g/mol. The van der Waals surface area contributed by atoms with E-state index in [1.807, 2.05) is 6.07 Å². The molecule has 3 aliphatic rings. The van der Waals surface area contributed by atoms with Crippen molar-refractivity contribution in [2.24, 2.45) is 11.8 Å². The van der Waals surface area contributed by atoms with Gasteiger partial charge in [0.15, 0.2) is 0 Å². The predicted octanol–water partition coefficient (Wildman–Crippen LogP) is 5.67. The zero-order valence-corrected chi connectivity index (χ0v) is 23.1. The van der Waals surface area contributed by atoms with Gasteiger partial charge in [-0.25, -0.2) is 4.39 Å². The third-order valence-corrected chi connectivity index (χ3v) is 8.51. The van der Waals surface area contributed by atoms with Crippen molar-refractivity contribution in [3.8, 4) is 0 Å². The van der Waals surface area contributed by atoms with Crippen LogP contribution in [0.4, 0.5) is 10.1 Å². The molecule has 38 heavy (non-hydrogen) atoms. The Bertz CT molecular complexity index is 1120. The van der Waals surface area contributed by atoms with E-state index < -0.39 is 11.4 Å². The summed E-state index contributed by atoms with van der Waals surface area (Å²) in [6.07, 6.45) is 7.91. The highest BCUT2D eigenvalue weighted by molar-refractivity contribution is 6.31. The molecule has 0 bridgehead atoms. The minimum Gasteiger partial charge on any atom is -0.390 e. The topological polar surface area (TPSA) is 90.5 Å². The van der Waals surface area contributed by atoms with Crippen molar-refractivity contribution in [1.82, 2.24) is 10.6 Å². The molecule has 1 heterocycles. The van der Waals surface area contributed by atoms with Crippen LogP contribution >= 0.6 is 23.2 Å². The summed E-state index contributed by atoms with van der Waals surface area (Å²) in [4.78, 5) is 23.2. The maximum atomic E-state index is 14.8. The molecule has 0 spiro atoms. The van der Waals surface area contributed by atoms with Crippen molar-refractivity contribution < 1.29 is 19.1 Å². The van der Waals surface area contributed by atoms with Crippen molar-refractivity contribution in [3.05, 3.63) is 63.9 Å². The van der Waals surface area contributed by atoms with Gasteiger partial charge in [-0.05, 0) is 61.9 Å². The molecule has 0 radical (unpaired) electrons. The van der Waals surface area contributed by atoms with Gasteiger partial charge in [0.05, 0.1) is 16.5 Å². The lowest BCUT2D eigenvalue weighted by Gasteiger charge is -2.40. The Hall–Kier alpha value is -2.19. The van der Waals surface area contributed by atoms with Crippen LogP contribution in [0.5, 0.6) is 0 Å². The minimum atomic E-state index is -0.527. The summed E-state index contributed by atoms with van der Waals surface area (Å²) in [5.41, 5.74) is 0.630. The van der Waals surface area contributed by atoms with Crippen molar-refractivity contribution in [2.75, 3.05) is 11.9 Å². The zero-order valence-electron chi connectivity index (χ0n) is 21.6. The summed E-state index contributed by atoms with van der Waals surface area (Å²) in [5, 5.41) is 18.9. The van der Waals surface area contributed by atoms with Crippen molar-refractivity contribution in [2.45, 2.75) is 75.5 Å². The summed E-state index contributed by atoms with van der Waals surface area (Å²) < 4.78 is 14.8. The molecule has 4 N–H and O–H groups in total. The molecule has 1 saturated heterocycles. The Morgan fingerprint density at radius 3 is 2.55 bits per heavy atom. The molecular formula is C29H36Cl2FN3O3. The van der Waals surface area contributed by atoms with Crippen molar-refractivity contribution in [1.29, 1.82) is 0 Å². The van der Waals surface area contributed by atoms with Crippen LogP contribution in [-0.2, 0) is 9.59 Å². The lowest BCUT2D eigenvalue weighted by atomic mass is 9.77. The fourth-order valence-electron chi connectivity index (χ4n) is 6.13. The van der Waals surface area contributed by atoms with E-state index in [0.717, 1.165) is 6.42 Å². The Balaban J connectivity index is 0.000000317. The average Bonchev–Trinajstić information content (AvgIpc) is 3.51. The van der Waals surface area contributed by atoms with E-state index in [1.54, 1.807) is 43.3 Å². The van der Waals surface area contributed by atoms with E-state index in [1.165, 1.54) is 25.7 Å². The Morgan fingerprint density at radius 2 is 1.89 bits per heavy atom. The smallest absolute Gasteiger partial charge is 0.229 e. The third-order valence-electron chi connectivity index (χ3n) is 7.98. The summed E-state index contributed by atoms with van der Waals surface area (Å²) in [6, 6.07) is 12.4. The number of hydrogen-bond donors (Lipinski definition) is 4. The highest BCUT2D eigenvalue weighted by atomic mass is 35.5. The maximum absolute atomic E-state index is 14.8. The summed E-state index contributed by atoms with van der Waals surface area (Å²) in [6.45, 7) is 2.33. The highest BCUT2D eigenvalue weighted by Crippen LogP contribution is 2.40. The number of amides is 2. The van der Waals surface area contributed by atoms with Crippen LogP contribution in [-0.4, -0.2) is 41.7 Å². The number of rotatable bonds is 7. The van der Waals surface area contributed by atoms with E-state index in [-0.39, 0.29) is 34.8 Å². The summed E-state index contributed by atoms with van der Waals surface area (Å²) in [7, 11) is 0. The molecule has 9 heteroatoms. The first-order chi connectivity index (χ1) is 18.2. The number of benzene rings is 2. The fourth-order valence-corrected chi connectivity index (χ4v) is 6.50. The Morgan fingerprint density at radius 1 is 1.18 bits per heavy atom. The van der Waals surface area contributed by atoms with Gasteiger partial charge in [0, 0.05) is 35.3 Å². The lowest BCUT2D eigenvalue weighted by molar-refractivity contribution is -0.120. The normalized spacial score (nSPS) is 28.7. The zero-order chi connectivity index (χ0) is 27.3. The van der Waals surface area contributed by atoms with E-state index >= 15 is 0 Å². The first kappa shape index (κ1) is 28.8. The Labute approximate surface area is 233 Å². The standard InChI is InChI=1S/C23H25Cl2FN2O.C6H11NO2/c24-15-7-3-8-16(12-15)28-23(29)21-18(17-9-4-10-19(25)22(17)26)13-27-20(21)11-14-5-1-2-6-14;1-6(9)2-5(3-6)7-4-8/h3-4,7-10,12,14,18,20-21,27H,1-2,5-6,11,13H2,(H,28,29);4-5,9H,2-3H2,1H3,(H,7,8). The molecule has 2 saturated carbocycles. The molecule has 5 rings (SSSR count). The molecule has 3 atom stereocenters. The largest absolute Gasteiger partial charge is 0.390 e. The van der Waals surface area contributed by atoms with Gasteiger partial charge in [-0.1, -0.05) is 67.1 Å².